The highest BCUT2D eigenvalue weighted by molar-refractivity contribution is 6.30. The van der Waals surface area contributed by atoms with E-state index in [0.717, 1.165) is 12.8 Å². The minimum absolute atomic E-state index is 0.229. The molecular formula is C14H18ClNO4. The number of aliphatic carboxylic acids is 1. The smallest absolute Gasteiger partial charge is 0.312 e. The monoisotopic (exact) mass is 299 g/mol. The van der Waals surface area contributed by atoms with Crippen molar-refractivity contribution in [2.75, 3.05) is 18.9 Å². The predicted octanol–water partition coefficient (Wildman–Crippen LogP) is 2.32. The van der Waals surface area contributed by atoms with Crippen molar-refractivity contribution in [3.63, 3.8) is 0 Å². The Morgan fingerprint density at radius 2 is 2.05 bits per heavy atom. The summed E-state index contributed by atoms with van der Waals surface area (Å²) in [6.07, 6.45) is 1.24. The molecule has 2 rings (SSSR count). The van der Waals surface area contributed by atoms with Gasteiger partial charge in [0, 0.05) is 23.9 Å². The first-order valence-electron chi connectivity index (χ1n) is 6.58. The van der Waals surface area contributed by atoms with Gasteiger partial charge in [-0.25, -0.2) is 0 Å². The molecular weight excluding hydrogens is 282 g/mol. The fraction of sp³-hybridized carbons (Fsp3) is 0.500. The van der Waals surface area contributed by atoms with Crippen molar-refractivity contribution in [3.8, 4) is 0 Å². The van der Waals surface area contributed by atoms with Crippen LogP contribution in [0.3, 0.4) is 0 Å². The number of ether oxygens (including phenoxy) is 2. The number of carboxylic acid groups (broad SMARTS) is 1. The summed E-state index contributed by atoms with van der Waals surface area (Å²) < 4.78 is 11.0. The van der Waals surface area contributed by atoms with Crippen molar-refractivity contribution < 1.29 is 19.4 Å². The van der Waals surface area contributed by atoms with Crippen molar-refractivity contribution in [2.24, 2.45) is 5.92 Å². The highest BCUT2D eigenvalue weighted by atomic mass is 35.5. The maximum atomic E-state index is 11.5. The van der Waals surface area contributed by atoms with Crippen LogP contribution in [0.15, 0.2) is 18.2 Å². The van der Waals surface area contributed by atoms with Crippen LogP contribution in [0, 0.1) is 5.92 Å². The van der Waals surface area contributed by atoms with Crippen molar-refractivity contribution in [1.29, 1.82) is 0 Å². The zero-order chi connectivity index (χ0) is 14.5. The Hall–Kier alpha value is -1.30. The molecule has 0 saturated carbocycles. The second-order valence-electron chi connectivity index (χ2n) is 4.81. The molecule has 5 nitrogen and oxygen atoms in total. The molecule has 0 amide bonds. The van der Waals surface area contributed by atoms with Crippen LogP contribution in [0.25, 0.3) is 0 Å². The molecule has 1 saturated heterocycles. The van der Waals surface area contributed by atoms with Crippen LogP contribution in [0.4, 0.5) is 5.69 Å². The first kappa shape index (κ1) is 15.1. The van der Waals surface area contributed by atoms with Gasteiger partial charge in [0.1, 0.15) is 5.92 Å². The Kier molecular flexibility index (Phi) is 5.23. The summed E-state index contributed by atoms with van der Waals surface area (Å²) in [6.45, 7) is 1.03. The number of hydrogen-bond acceptors (Lipinski definition) is 4. The molecule has 1 fully saturated rings. The lowest BCUT2D eigenvalue weighted by atomic mass is 9.97. The molecule has 0 spiro atoms. The first-order chi connectivity index (χ1) is 9.58. The zero-order valence-electron chi connectivity index (χ0n) is 11.0. The second-order valence-corrected chi connectivity index (χ2v) is 5.25. The molecule has 1 aliphatic heterocycles. The SMILES string of the molecule is Nc1ccc(Cl)cc1CC(C(=O)O)C1OCCCCO1. The Morgan fingerprint density at radius 1 is 1.40 bits per heavy atom. The summed E-state index contributed by atoms with van der Waals surface area (Å²) in [5.74, 6) is -1.76. The number of anilines is 1. The Balaban J connectivity index is 2.16. The van der Waals surface area contributed by atoms with Crippen LogP contribution in [0.1, 0.15) is 18.4 Å². The number of nitrogens with two attached hydrogens (primary N) is 1. The molecule has 0 aromatic heterocycles. The quantitative estimate of drug-likeness (QED) is 0.834. The van der Waals surface area contributed by atoms with Crippen molar-refractivity contribution in [1.82, 2.24) is 0 Å². The van der Waals surface area contributed by atoms with E-state index in [4.69, 9.17) is 26.8 Å². The van der Waals surface area contributed by atoms with Gasteiger partial charge in [0.15, 0.2) is 6.29 Å². The fourth-order valence-corrected chi connectivity index (χ4v) is 2.37. The summed E-state index contributed by atoms with van der Waals surface area (Å²) >= 11 is 5.93. The van der Waals surface area contributed by atoms with E-state index in [2.05, 4.69) is 0 Å². The molecule has 1 aliphatic rings. The van der Waals surface area contributed by atoms with E-state index in [9.17, 15) is 9.90 Å². The maximum absolute atomic E-state index is 11.5. The summed E-state index contributed by atoms with van der Waals surface area (Å²) in [7, 11) is 0. The number of nitrogen functional groups attached to an aromatic ring is 1. The van der Waals surface area contributed by atoms with Gasteiger partial charge >= 0.3 is 5.97 Å². The molecule has 110 valence electrons. The van der Waals surface area contributed by atoms with Crippen LogP contribution < -0.4 is 5.73 Å². The van der Waals surface area contributed by atoms with E-state index in [-0.39, 0.29) is 6.42 Å². The standard InChI is InChI=1S/C14H18ClNO4/c15-10-3-4-12(16)9(7-10)8-11(13(17)18)14-19-5-1-2-6-20-14/h3-4,7,11,14H,1-2,5-6,8,16H2,(H,17,18). The third kappa shape index (κ3) is 3.85. The van der Waals surface area contributed by atoms with Gasteiger partial charge in [0.2, 0.25) is 0 Å². The van der Waals surface area contributed by atoms with Gasteiger partial charge in [-0.1, -0.05) is 11.6 Å². The van der Waals surface area contributed by atoms with Gasteiger partial charge in [-0.2, -0.15) is 0 Å². The van der Waals surface area contributed by atoms with Crippen LogP contribution in [-0.4, -0.2) is 30.6 Å². The van der Waals surface area contributed by atoms with Gasteiger partial charge in [0.25, 0.3) is 0 Å². The maximum Gasteiger partial charge on any atom is 0.312 e. The highest BCUT2D eigenvalue weighted by Gasteiger charge is 2.31. The summed E-state index contributed by atoms with van der Waals surface area (Å²) in [6, 6.07) is 5.03. The summed E-state index contributed by atoms with van der Waals surface area (Å²) in [4.78, 5) is 11.5. The number of benzene rings is 1. The van der Waals surface area contributed by atoms with Gasteiger partial charge in [-0.3, -0.25) is 4.79 Å². The zero-order valence-corrected chi connectivity index (χ0v) is 11.8. The molecule has 3 N–H and O–H groups in total. The lowest BCUT2D eigenvalue weighted by Crippen LogP contribution is -2.34. The van der Waals surface area contributed by atoms with Crippen molar-refractivity contribution in [2.45, 2.75) is 25.6 Å². The average molecular weight is 300 g/mol. The summed E-state index contributed by atoms with van der Waals surface area (Å²) in [5.41, 5.74) is 7.08. The number of rotatable bonds is 4. The number of carbonyl (C=O) groups is 1. The Bertz CT molecular complexity index is 472. The number of halogens is 1. The minimum Gasteiger partial charge on any atom is -0.481 e. The third-order valence-electron chi connectivity index (χ3n) is 3.29. The minimum atomic E-state index is -0.962. The lowest BCUT2D eigenvalue weighted by molar-refractivity contribution is -0.180. The van der Waals surface area contributed by atoms with E-state index in [0.29, 0.717) is 29.5 Å². The molecule has 0 aliphatic carbocycles. The molecule has 0 radical (unpaired) electrons. The second kappa shape index (κ2) is 6.92. The third-order valence-corrected chi connectivity index (χ3v) is 3.53. The van der Waals surface area contributed by atoms with E-state index in [1.807, 2.05) is 0 Å². The first-order valence-corrected chi connectivity index (χ1v) is 6.95. The van der Waals surface area contributed by atoms with Gasteiger partial charge in [-0.05, 0) is 43.0 Å². The molecule has 20 heavy (non-hydrogen) atoms. The molecule has 1 unspecified atom stereocenters. The number of hydrogen-bond donors (Lipinski definition) is 2. The van der Waals surface area contributed by atoms with Crippen molar-refractivity contribution >= 4 is 23.3 Å². The topological polar surface area (TPSA) is 81.8 Å². The number of carboxylic acids is 1. The van der Waals surface area contributed by atoms with Gasteiger partial charge in [-0.15, -0.1) is 0 Å². The molecule has 1 aromatic carbocycles. The molecule has 1 atom stereocenters. The molecule has 1 heterocycles. The van der Waals surface area contributed by atoms with E-state index in [1.165, 1.54) is 0 Å². The Labute approximate surface area is 122 Å². The molecule has 0 bridgehead atoms. The van der Waals surface area contributed by atoms with Crippen LogP contribution >= 0.6 is 11.6 Å². The van der Waals surface area contributed by atoms with Crippen LogP contribution in [0.5, 0.6) is 0 Å². The highest BCUT2D eigenvalue weighted by Crippen LogP contribution is 2.25. The Morgan fingerprint density at radius 3 is 2.65 bits per heavy atom. The van der Waals surface area contributed by atoms with Gasteiger partial charge < -0.3 is 20.3 Å². The van der Waals surface area contributed by atoms with E-state index >= 15 is 0 Å². The average Bonchev–Trinajstić information content (AvgIpc) is 2.68. The molecule has 1 aromatic rings. The molecule has 6 heteroatoms. The fourth-order valence-electron chi connectivity index (χ4n) is 2.17. The van der Waals surface area contributed by atoms with E-state index in [1.54, 1.807) is 18.2 Å². The van der Waals surface area contributed by atoms with Crippen LogP contribution in [-0.2, 0) is 20.7 Å². The van der Waals surface area contributed by atoms with Gasteiger partial charge in [0.05, 0.1) is 0 Å². The van der Waals surface area contributed by atoms with E-state index < -0.39 is 18.2 Å². The van der Waals surface area contributed by atoms with Crippen LogP contribution in [0.2, 0.25) is 5.02 Å². The predicted molar refractivity (Wildman–Crippen MR) is 75.6 cm³/mol. The largest absolute Gasteiger partial charge is 0.481 e. The normalized spacial score (nSPS) is 18.4. The summed E-state index contributed by atoms with van der Waals surface area (Å²) in [5, 5.41) is 9.93. The lowest BCUT2D eigenvalue weighted by Gasteiger charge is -2.23. The van der Waals surface area contributed by atoms with Crippen molar-refractivity contribution in [3.05, 3.63) is 28.8 Å².